The van der Waals surface area contributed by atoms with Crippen molar-refractivity contribution >= 4 is 5.91 Å². The Labute approximate surface area is 154 Å². The van der Waals surface area contributed by atoms with Crippen molar-refractivity contribution in [1.82, 2.24) is 9.80 Å². The lowest BCUT2D eigenvalue weighted by atomic mass is 10.1. The van der Waals surface area contributed by atoms with Gasteiger partial charge in [0.2, 0.25) is 0 Å². The van der Waals surface area contributed by atoms with Crippen LogP contribution in [-0.2, 0) is 13.0 Å². The van der Waals surface area contributed by atoms with Gasteiger partial charge in [0.1, 0.15) is 12.0 Å². The fourth-order valence-corrected chi connectivity index (χ4v) is 3.40. The number of carbonyl (C=O) groups excluding carboxylic acids is 1. The zero-order chi connectivity index (χ0) is 18.4. The Morgan fingerprint density at radius 1 is 1.27 bits per heavy atom. The summed E-state index contributed by atoms with van der Waals surface area (Å²) in [5, 5.41) is 0. The molecule has 1 saturated heterocycles. The van der Waals surface area contributed by atoms with Gasteiger partial charge in [0, 0.05) is 32.7 Å². The summed E-state index contributed by atoms with van der Waals surface area (Å²) >= 11 is 0. The molecule has 0 spiro atoms. The molecule has 0 radical (unpaired) electrons. The predicted molar refractivity (Wildman–Crippen MR) is 101 cm³/mol. The van der Waals surface area contributed by atoms with E-state index in [2.05, 4.69) is 23.6 Å². The third-order valence-corrected chi connectivity index (χ3v) is 4.76. The van der Waals surface area contributed by atoms with Gasteiger partial charge >= 0.3 is 0 Å². The number of amides is 1. The summed E-state index contributed by atoms with van der Waals surface area (Å²) in [5.74, 6) is 0.958. The number of benzene rings is 1. The minimum atomic E-state index is 0.0540. The topological polar surface area (TPSA) is 45.9 Å². The number of allylic oxidation sites excluding steroid dienone is 1. The van der Waals surface area contributed by atoms with Gasteiger partial charge in [-0.25, -0.2) is 0 Å². The molecule has 0 N–H and O–H groups in total. The van der Waals surface area contributed by atoms with E-state index in [1.807, 2.05) is 17.0 Å². The number of methoxy groups -OCH3 is 1. The van der Waals surface area contributed by atoms with Crippen LogP contribution in [0.25, 0.3) is 0 Å². The van der Waals surface area contributed by atoms with Crippen LogP contribution in [0.2, 0.25) is 0 Å². The highest BCUT2D eigenvalue weighted by Gasteiger charge is 2.21. The van der Waals surface area contributed by atoms with Gasteiger partial charge in [0.05, 0.1) is 18.9 Å². The summed E-state index contributed by atoms with van der Waals surface area (Å²) in [7, 11) is 1.70. The van der Waals surface area contributed by atoms with E-state index in [0.717, 1.165) is 56.9 Å². The van der Waals surface area contributed by atoms with Crippen molar-refractivity contribution in [2.45, 2.75) is 19.4 Å². The summed E-state index contributed by atoms with van der Waals surface area (Å²) in [6.07, 6.45) is 6.72. The van der Waals surface area contributed by atoms with E-state index in [1.54, 1.807) is 19.4 Å². The molecule has 0 bridgehead atoms. The minimum absolute atomic E-state index is 0.0540. The maximum atomic E-state index is 12.5. The number of rotatable bonds is 6. The van der Waals surface area contributed by atoms with Crippen molar-refractivity contribution in [3.05, 3.63) is 66.1 Å². The average molecular weight is 354 g/mol. The minimum Gasteiger partial charge on any atom is -0.496 e. The van der Waals surface area contributed by atoms with Gasteiger partial charge in [-0.1, -0.05) is 18.2 Å². The molecule has 1 aromatic carbocycles. The molecule has 5 heteroatoms. The molecule has 0 aliphatic carbocycles. The molecule has 138 valence electrons. The number of ether oxygens (including phenoxy) is 1. The van der Waals surface area contributed by atoms with Crippen LogP contribution in [0.15, 0.2) is 53.9 Å². The lowest BCUT2D eigenvalue weighted by Crippen LogP contribution is -2.34. The van der Waals surface area contributed by atoms with E-state index >= 15 is 0 Å². The molecule has 1 aliphatic rings. The maximum Gasteiger partial charge on any atom is 0.257 e. The molecule has 5 nitrogen and oxygen atoms in total. The van der Waals surface area contributed by atoms with Crippen LogP contribution in [0.4, 0.5) is 0 Å². The second-order valence-corrected chi connectivity index (χ2v) is 6.57. The molecule has 0 atom stereocenters. The van der Waals surface area contributed by atoms with Gasteiger partial charge in [-0.15, -0.1) is 6.58 Å². The van der Waals surface area contributed by atoms with E-state index in [1.165, 1.54) is 11.8 Å². The quantitative estimate of drug-likeness (QED) is 0.746. The molecule has 2 heterocycles. The molecular formula is C21H26N2O3. The Hall–Kier alpha value is -2.53. The molecule has 1 fully saturated rings. The average Bonchev–Trinajstić information content (AvgIpc) is 3.09. The molecule has 1 aromatic heterocycles. The molecule has 26 heavy (non-hydrogen) atoms. The van der Waals surface area contributed by atoms with Crippen LogP contribution in [0.3, 0.4) is 0 Å². The number of nitrogens with zero attached hydrogens (tertiary/aromatic N) is 2. The van der Waals surface area contributed by atoms with Crippen molar-refractivity contribution in [3.63, 3.8) is 0 Å². The third-order valence-electron chi connectivity index (χ3n) is 4.76. The molecule has 2 aromatic rings. The fraction of sp³-hybridized carbons (Fsp3) is 0.381. The zero-order valence-corrected chi connectivity index (χ0v) is 15.3. The van der Waals surface area contributed by atoms with Crippen LogP contribution < -0.4 is 4.74 Å². The predicted octanol–water partition coefficient (Wildman–Crippen LogP) is 3.36. The Morgan fingerprint density at radius 2 is 2.15 bits per heavy atom. The normalized spacial score (nSPS) is 15.5. The Morgan fingerprint density at radius 3 is 2.88 bits per heavy atom. The summed E-state index contributed by atoms with van der Waals surface area (Å²) in [4.78, 5) is 16.8. The molecule has 1 aliphatic heterocycles. The monoisotopic (exact) mass is 354 g/mol. The van der Waals surface area contributed by atoms with Crippen molar-refractivity contribution in [2.24, 2.45) is 0 Å². The highest BCUT2D eigenvalue weighted by atomic mass is 16.5. The molecular weight excluding hydrogens is 328 g/mol. The van der Waals surface area contributed by atoms with Gasteiger partial charge in [0.15, 0.2) is 0 Å². The lowest BCUT2D eigenvalue weighted by molar-refractivity contribution is 0.0760. The lowest BCUT2D eigenvalue weighted by Gasteiger charge is -2.22. The largest absolute Gasteiger partial charge is 0.496 e. The first-order chi connectivity index (χ1) is 12.7. The highest BCUT2D eigenvalue weighted by Crippen LogP contribution is 2.22. The van der Waals surface area contributed by atoms with Gasteiger partial charge in [-0.2, -0.15) is 0 Å². The van der Waals surface area contributed by atoms with Crippen molar-refractivity contribution < 1.29 is 13.9 Å². The zero-order valence-electron chi connectivity index (χ0n) is 15.3. The van der Waals surface area contributed by atoms with Crippen LogP contribution in [0.1, 0.15) is 27.9 Å². The maximum absolute atomic E-state index is 12.5. The Bertz CT molecular complexity index is 740. The Balaban J connectivity index is 1.62. The van der Waals surface area contributed by atoms with E-state index in [4.69, 9.17) is 9.15 Å². The van der Waals surface area contributed by atoms with Crippen LogP contribution in [0, 0.1) is 0 Å². The van der Waals surface area contributed by atoms with Crippen LogP contribution in [-0.4, -0.2) is 49.0 Å². The molecule has 0 unspecified atom stereocenters. The van der Waals surface area contributed by atoms with Crippen molar-refractivity contribution in [1.29, 1.82) is 0 Å². The first kappa shape index (κ1) is 18.3. The van der Waals surface area contributed by atoms with Gasteiger partial charge in [0.25, 0.3) is 5.91 Å². The second kappa shape index (κ2) is 8.72. The number of carbonyl (C=O) groups is 1. The van der Waals surface area contributed by atoms with Gasteiger partial charge in [-0.05, 0) is 36.1 Å². The number of hydrogen-bond acceptors (Lipinski definition) is 4. The smallest absolute Gasteiger partial charge is 0.257 e. The fourth-order valence-electron chi connectivity index (χ4n) is 3.40. The first-order valence-corrected chi connectivity index (χ1v) is 9.01. The summed E-state index contributed by atoms with van der Waals surface area (Å²) in [6, 6.07) is 8.06. The molecule has 1 amide bonds. The molecule has 3 rings (SSSR count). The Kier molecular flexibility index (Phi) is 6.12. The van der Waals surface area contributed by atoms with E-state index in [0.29, 0.717) is 5.56 Å². The van der Waals surface area contributed by atoms with Crippen LogP contribution in [0.5, 0.6) is 5.75 Å². The summed E-state index contributed by atoms with van der Waals surface area (Å²) < 4.78 is 10.5. The van der Waals surface area contributed by atoms with Gasteiger partial charge < -0.3 is 14.1 Å². The number of furan rings is 1. The first-order valence-electron chi connectivity index (χ1n) is 9.01. The van der Waals surface area contributed by atoms with Crippen molar-refractivity contribution in [2.75, 3.05) is 33.3 Å². The SMILES string of the molecule is C=CCc1cc(CN2CCCN(C(=O)c3ccoc3)CC2)ccc1OC. The summed E-state index contributed by atoms with van der Waals surface area (Å²) in [6.45, 7) is 8.07. The van der Waals surface area contributed by atoms with Crippen molar-refractivity contribution in [3.8, 4) is 5.75 Å². The second-order valence-electron chi connectivity index (χ2n) is 6.57. The highest BCUT2D eigenvalue weighted by molar-refractivity contribution is 5.93. The van der Waals surface area contributed by atoms with Gasteiger partial charge in [-0.3, -0.25) is 9.69 Å². The molecule has 0 saturated carbocycles. The third kappa shape index (κ3) is 4.35. The standard InChI is InChI=1S/C21H26N2O3/c1-3-5-18-14-17(6-7-20(18)25-2)15-22-9-4-10-23(12-11-22)21(24)19-8-13-26-16-19/h3,6-8,13-14,16H,1,4-5,9-12,15H2,2H3. The van der Waals surface area contributed by atoms with E-state index in [9.17, 15) is 4.79 Å². The van der Waals surface area contributed by atoms with E-state index in [-0.39, 0.29) is 5.91 Å². The summed E-state index contributed by atoms with van der Waals surface area (Å²) in [5.41, 5.74) is 3.05. The number of hydrogen-bond donors (Lipinski definition) is 0. The van der Waals surface area contributed by atoms with E-state index < -0.39 is 0 Å². The van der Waals surface area contributed by atoms with Crippen LogP contribution >= 0.6 is 0 Å².